The van der Waals surface area contributed by atoms with E-state index in [2.05, 4.69) is 31.1 Å². The first kappa shape index (κ1) is 15.7. The molecule has 0 spiro atoms. The van der Waals surface area contributed by atoms with Crippen molar-refractivity contribution in [2.45, 2.75) is 58.9 Å². The number of nitrogens with zero attached hydrogens (tertiary/aromatic N) is 1. The van der Waals surface area contributed by atoms with Crippen LogP contribution in [0.3, 0.4) is 0 Å². The van der Waals surface area contributed by atoms with E-state index in [1.165, 1.54) is 29.7 Å². The van der Waals surface area contributed by atoms with Crippen molar-refractivity contribution < 1.29 is 5.32 Å². The average molecular weight is 320 g/mol. The van der Waals surface area contributed by atoms with Crippen LogP contribution in [0.15, 0.2) is 4.79 Å². The number of rotatable bonds is 5. The molecule has 3 N–H and O–H groups in total. The SMILES string of the molecule is CCCC[NH2+][C@@H](C)c1nc2sc3c(c2c(=O)[nH]1)CC[C@H](C)C3. The summed E-state index contributed by atoms with van der Waals surface area (Å²) in [6.07, 6.45) is 5.70. The fourth-order valence-corrected chi connectivity index (χ4v) is 4.66. The first-order valence-electron chi connectivity index (χ1n) is 8.48. The van der Waals surface area contributed by atoms with E-state index in [-0.39, 0.29) is 11.6 Å². The number of hydrogen-bond donors (Lipinski definition) is 2. The summed E-state index contributed by atoms with van der Waals surface area (Å²) in [4.78, 5) is 22.7. The Morgan fingerprint density at radius 3 is 3.09 bits per heavy atom. The number of hydrogen-bond acceptors (Lipinski definition) is 3. The summed E-state index contributed by atoms with van der Waals surface area (Å²) < 4.78 is 0. The maximum atomic E-state index is 12.5. The van der Waals surface area contributed by atoms with Crippen LogP contribution in [0.1, 0.15) is 62.3 Å². The number of unbranched alkanes of at least 4 members (excludes halogenated alkanes) is 1. The predicted octanol–water partition coefficient (Wildman–Crippen LogP) is 2.53. The van der Waals surface area contributed by atoms with E-state index in [1.807, 2.05) is 0 Å². The Morgan fingerprint density at radius 2 is 2.32 bits per heavy atom. The van der Waals surface area contributed by atoms with Crippen LogP contribution in [0, 0.1) is 5.92 Å². The number of H-pyrrole nitrogens is 1. The van der Waals surface area contributed by atoms with Gasteiger partial charge in [0.1, 0.15) is 10.9 Å². The molecule has 0 unspecified atom stereocenters. The Kier molecular flexibility index (Phi) is 4.64. The molecular formula is C17H26N3OS+. The molecule has 0 saturated carbocycles. The lowest BCUT2D eigenvalue weighted by Crippen LogP contribution is -2.84. The van der Waals surface area contributed by atoms with E-state index in [4.69, 9.17) is 4.98 Å². The highest BCUT2D eigenvalue weighted by Crippen LogP contribution is 2.35. The van der Waals surface area contributed by atoms with Crippen molar-refractivity contribution in [3.05, 3.63) is 26.6 Å². The van der Waals surface area contributed by atoms with Crippen molar-refractivity contribution >= 4 is 21.6 Å². The van der Waals surface area contributed by atoms with Crippen LogP contribution in [-0.4, -0.2) is 16.5 Å². The molecule has 2 aromatic heterocycles. The van der Waals surface area contributed by atoms with Gasteiger partial charge in [0, 0.05) is 4.88 Å². The highest BCUT2D eigenvalue weighted by molar-refractivity contribution is 7.18. The molecule has 2 heterocycles. The van der Waals surface area contributed by atoms with Gasteiger partial charge in [-0.25, -0.2) is 4.98 Å². The second kappa shape index (κ2) is 6.50. The summed E-state index contributed by atoms with van der Waals surface area (Å²) >= 11 is 1.73. The predicted molar refractivity (Wildman–Crippen MR) is 91.5 cm³/mol. The van der Waals surface area contributed by atoms with Crippen LogP contribution in [0.2, 0.25) is 0 Å². The van der Waals surface area contributed by atoms with Gasteiger partial charge in [-0.1, -0.05) is 20.3 Å². The quantitative estimate of drug-likeness (QED) is 0.832. The number of aromatic amines is 1. The number of thiophene rings is 1. The van der Waals surface area contributed by atoms with E-state index in [0.29, 0.717) is 0 Å². The summed E-state index contributed by atoms with van der Waals surface area (Å²) in [7, 11) is 0. The molecule has 0 saturated heterocycles. The Balaban J connectivity index is 1.94. The lowest BCUT2D eigenvalue weighted by Gasteiger charge is -2.17. The first-order valence-corrected chi connectivity index (χ1v) is 9.29. The van der Waals surface area contributed by atoms with Gasteiger partial charge in [-0.3, -0.25) is 4.79 Å². The molecule has 0 bridgehead atoms. The van der Waals surface area contributed by atoms with Gasteiger partial charge < -0.3 is 10.3 Å². The smallest absolute Gasteiger partial charge is 0.260 e. The number of nitrogens with two attached hydrogens (primary N) is 1. The summed E-state index contributed by atoms with van der Waals surface area (Å²) in [5, 5.41) is 3.12. The third-order valence-electron chi connectivity index (χ3n) is 4.69. The molecule has 1 aliphatic rings. The minimum atomic E-state index is 0.0581. The number of aryl methyl sites for hydroxylation is 1. The zero-order chi connectivity index (χ0) is 15.7. The highest BCUT2D eigenvalue weighted by Gasteiger charge is 2.24. The lowest BCUT2D eigenvalue weighted by atomic mass is 9.89. The van der Waals surface area contributed by atoms with Gasteiger partial charge in [0.2, 0.25) is 0 Å². The van der Waals surface area contributed by atoms with Gasteiger partial charge in [0.05, 0.1) is 11.9 Å². The molecule has 22 heavy (non-hydrogen) atoms. The molecule has 2 aromatic rings. The first-order chi connectivity index (χ1) is 10.6. The van der Waals surface area contributed by atoms with E-state index in [0.717, 1.165) is 41.3 Å². The van der Waals surface area contributed by atoms with Gasteiger partial charge >= 0.3 is 0 Å². The Hall–Kier alpha value is -1.20. The summed E-state index contributed by atoms with van der Waals surface area (Å²) in [5.74, 6) is 1.54. The zero-order valence-electron chi connectivity index (χ0n) is 13.7. The standard InChI is InChI=1S/C17H25N3OS/c1-4-5-8-18-11(3)15-19-16(21)14-12-7-6-10(2)9-13(12)22-17(14)20-15/h10-11,18H,4-9H2,1-3H3,(H,19,20,21)/p+1/t10-,11-/m0/s1. The number of nitrogens with one attached hydrogen (secondary N) is 1. The maximum absolute atomic E-state index is 12.5. The summed E-state index contributed by atoms with van der Waals surface area (Å²) in [6.45, 7) is 7.69. The summed E-state index contributed by atoms with van der Waals surface area (Å²) in [6, 6.07) is 0.210. The molecule has 4 nitrogen and oxygen atoms in total. The Labute approximate surface area is 135 Å². The van der Waals surface area contributed by atoms with Crippen LogP contribution in [0.5, 0.6) is 0 Å². The molecule has 0 aromatic carbocycles. The highest BCUT2D eigenvalue weighted by atomic mass is 32.1. The lowest BCUT2D eigenvalue weighted by molar-refractivity contribution is -0.694. The van der Waals surface area contributed by atoms with Crippen LogP contribution in [0.4, 0.5) is 0 Å². The molecular weight excluding hydrogens is 294 g/mol. The van der Waals surface area contributed by atoms with Crippen LogP contribution < -0.4 is 10.9 Å². The van der Waals surface area contributed by atoms with Crippen LogP contribution in [0.25, 0.3) is 10.2 Å². The van der Waals surface area contributed by atoms with Crippen molar-refractivity contribution in [2.75, 3.05) is 6.54 Å². The van der Waals surface area contributed by atoms with Gasteiger partial charge in [-0.2, -0.15) is 0 Å². The van der Waals surface area contributed by atoms with E-state index in [1.54, 1.807) is 11.3 Å². The molecule has 120 valence electrons. The normalized spacial score (nSPS) is 19.3. The number of quaternary nitrogens is 1. The maximum Gasteiger partial charge on any atom is 0.260 e. The Morgan fingerprint density at radius 1 is 1.50 bits per heavy atom. The molecule has 2 atom stereocenters. The third kappa shape index (κ3) is 2.97. The van der Waals surface area contributed by atoms with Gasteiger partial charge in [0.15, 0.2) is 5.82 Å². The average Bonchev–Trinajstić information content (AvgIpc) is 2.84. The molecule has 3 rings (SSSR count). The second-order valence-corrected chi connectivity index (χ2v) is 7.73. The third-order valence-corrected chi connectivity index (χ3v) is 5.84. The van der Waals surface area contributed by atoms with Gasteiger partial charge in [-0.15, -0.1) is 11.3 Å². The van der Waals surface area contributed by atoms with Crippen molar-refractivity contribution in [1.29, 1.82) is 0 Å². The minimum Gasteiger partial charge on any atom is -0.338 e. The van der Waals surface area contributed by atoms with Crippen molar-refractivity contribution in [2.24, 2.45) is 5.92 Å². The largest absolute Gasteiger partial charge is 0.338 e. The molecule has 5 heteroatoms. The number of fused-ring (bicyclic) bond motifs is 3. The number of aromatic nitrogens is 2. The fourth-order valence-electron chi connectivity index (χ4n) is 3.26. The minimum absolute atomic E-state index is 0.0581. The summed E-state index contributed by atoms with van der Waals surface area (Å²) in [5.41, 5.74) is 1.32. The van der Waals surface area contributed by atoms with Gasteiger partial charge in [0.25, 0.3) is 5.56 Å². The Bertz CT molecular complexity index is 718. The topological polar surface area (TPSA) is 62.4 Å². The van der Waals surface area contributed by atoms with Gasteiger partial charge in [-0.05, 0) is 44.1 Å². The van der Waals surface area contributed by atoms with Crippen molar-refractivity contribution in [3.8, 4) is 0 Å². The monoisotopic (exact) mass is 320 g/mol. The molecule has 0 aliphatic heterocycles. The molecule has 1 aliphatic carbocycles. The zero-order valence-corrected chi connectivity index (χ0v) is 14.6. The fraction of sp³-hybridized carbons (Fsp3) is 0.647. The van der Waals surface area contributed by atoms with E-state index in [9.17, 15) is 4.79 Å². The molecule has 0 amide bonds. The van der Waals surface area contributed by atoms with E-state index < -0.39 is 0 Å². The van der Waals surface area contributed by atoms with Crippen molar-refractivity contribution in [1.82, 2.24) is 9.97 Å². The second-order valence-electron chi connectivity index (χ2n) is 6.65. The molecule has 0 fully saturated rings. The van der Waals surface area contributed by atoms with Crippen LogP contribution >= 0.6 is 11.3 Å². The van der Waals surface area contributed by atoms with E-state index >= 15 is 0 Å². The van der Waals surface area contributed by atoms with Crippen LogP contribution in [-0.2, 0) is 12.8 Å². The molecule has 0 radical (unpaired) electrons. The van der Waals surface area contributed by atoms with Crippen molar-refractivity contribution in [3.63, 3.8) is 0 Å².